The monoisotopic (exact) mass is 291 g/mol. The summed E-state index contributed by atoms with van der Waals surface area (Å²) in [6, 6.07) is 4.20. The van der Waals surface area contributed by atoms with Gasteiger partial charge in [-0.3, -0.25) is 4.79 Å². The lowest BCUT2D eigenvalue weighted by Crippen LogP contribution is -2.41. The quantitative estimate of drug-likeness (QED) is 0.841. The third kappa shape index (κ3) is 5.20. The average molecular weight is 291 g/mol. The molecule has 0 fully saturated rings. The number of amides is 1. The van der Waals surface area contributed by atoms with Crippen LogP contribution in [0.1, 0.15) is 50.0 Å². The van der Waals surface area contributed by atoms with E-state index < -0.39 is 11.7 Å². The Balaban J connectivity index is 2.86. The number of nitrogens with one attached hydrogen (secondary N) is 1. The van der Waals surface area contributed by atoms with E-state index in [-0.39, 0.29) is 23.6 Å². The van der Waals surface area contributed by atoms with Crippen LogP contribution in [0.4, 0.5) is 4.39 Å². The minimum Gasteiger partial charge on any atom is -0.395 e. The van der Waals surface area contributed by atoms with Crippen LogP contribution < -0.4 is 5.32 Å². The van der Waals surface area contributed by atoms with Crippen molar-refractivity contribution in [2.24, 2.45) is 5.41 Å². The molecule has 0 aromatic heterocycles. The third-order valence-electron chi connectivity index (χ3n) is 3.33. The number of carbonyl (C=O) groups excluding carboxylic acids is 1. The molecule has 0 aliphatic carbocycles. The molecule has 0 bridgehead atoms. The van der Waals surface area contributed by atoms with E-state index in [0.29, 0.717) is 12.0 Å². The van der Waals surface area contributed by atoms with Crippen LogP contribution in [0.3, 0.4) is 0 Å². The van der Waals surface area contributed by atoms with Gasteiger partial charge in [-0.25, -0.2) is 4.39 Å². The number of rotatable bonds is 3. The Morgan fingerprint density at radius 2 is 2.10 bits per heavy atom. The van der Waals surface area contributed by atoms with Crippen LogP contribution in [-0.4, -0.2) is 23.7 Å². The highest BCUT2D eigenvalue weighted by Crippen LogP contribution is 2.19. The van der Waals surface area contributed by atoms with Crippen LogP contribution in [0.2, 0.25) is 0 Å². The summed E-state index contributed by atoms with van der Waals surface area (Å²) < 4.78 is 14.0. The largest absolute Gasteiger partial charge is 0.395 e. The molecule has 1 rings (SSSR count). The highest BCUT2D eigenvalue weighted by Gasteiger charge is 2.23. The van der Waals surface area contributed by atoms with Crippen molar-refractivity contribution in [3.8, 4) is 11.8 Å². The second kappa shape index (κ2) is 7.24. The molecule has 21 heavy (non-hydrogen) atoms. The summed E-state index contributed by atoms with van der Waals surface area (Å²) in [6.45, 7) is 7.89. The van der Waals surface area contributed by atoms with Crippen molar-refractivity contribution in [1.82, 2.24) is 5.32 Å². The van der Waals surface area contributed by atoms with Crippen LogP contribution >= 0.6 is 0 Å². The van der Waals surface area contributed by atoms with Crippen LogP contribution in [-0.2, 0) is 0 Å². The SMILES string of the molecule is CC(NC(=O)c1ccc(C#CCCO)cc1F)C(C)(C)C. The predicted molar refractivity (Wildman–Crippen MR) is 81.4 cm³/mol. The molecular weight excluding hydrogens is 269 g/mol. The molecular formula is C17H22FNO2. The highest BCUT2D eigenvalue weighted by atomic mass is 19.1. The summed E-state index contributed by atoms with van der Waals surface area (Å²) in [6.07, 6.45) is 0.340. The van der Waals surface area contributed by atoms with E-state index in [1.165, 1.54) is 12.1 Å². The van der Waals surface area contributed by atoms with Gasteiger partial charge in [0.15, 0.2) is 0 Å². The smallest absolute Gasteiger partial charge is 0.254 e. The summed E-state index contributed by atoms with van der Waals surface area (Å²) in [5.41, 5.74) is 0.405. The van der Waals surface area contributed by atoms with E-state index in [9.17, 15) is 9.18 Å². The van der Waals surface area contributed by atoms with Crippen molar-refractivity contribution < 1.29 is 14.3 Å². The minimum absolute atomic E-state index is 0.0128. The molecule has 1 atom stereocenters. The number of benzene rings is 1. The van der Waals surface area contributed by atoms with Gasteiger partial charge in [-0.15, -0.1) is 0 Å². The Kier molecular flexibility index (Phi) is 5.92. The van der Waals surface area contributed by atoms with E-state index in [2.05, 4.69) is 17.2 Å². The van der Waals surface area contributed by atoms with Gasteiger partial charge in [0.2, 0.25) is 0 Å². The molecule has 0 saturated carbocycles. The number of halogens is 1. The van der Waals surface area contributed by atoms with Gasteiger partial charge in [-0.05, 0) is 30.5 Å². The first-order valence-corrected chi connectivity index (χ1v) is 6.96. The lowest BCUT2D eigenvalue weighted by atomic mass is 9.88. The van der Waals surface area contributed by atoms with Gasteiger partial charge in [-0.1, -0.05) is 32.6 Å². The molecule has 3 nitrogen and oxygen atoms in total. The first kappa shape index (κ1) is 17.2. The van der Waals surface area contributed by atoms with E-state index in [1.807, 2.05) is 27.7 Å². The van der Waals surface area contributed by atoms with Crippen molar-refractivity contribution in [3.63, 3.8) is 0 Å². The van der Waals surface area contributed by atoms with Crippen molar-refractivity contribution in [2.45, 2.75) is 40.2 Å². The molecule has 0 saturated heterocycles. The van der Waals surface area contributed by atoms with E-state index >= 15 is 0 Å². The molecule has 1 unspecified atom stereocenters. The predicted octanol–water partition coefficient (Wildman–Crippen LogP) is 2.72. The maximum absolute atomic E-state index is 14.0. The van der Waals surface area contributed by atoms with Crippen molar-refractivity contribution in [3.05, 3.63) is 35.1 Å². The van der Waals surface area contributed by atoms with Crippen LogP contribution in [0, 0.1) is 23.1 Å². The van der Waals surface area contributed by atoms with Crippen LogP contribution in [0.25, 0.3) is 0 Å². The first-order chi connectivity index (χ1) is 9.75. The Morgan fingerprint density at radius 3 is 2.62 bits per heavy atom. The Hall–Kier alpha value is -1.86. The summed E-state index contributed by atoms with van der Waals surface area (Å²) in [5.74, 6) is 4.43. The van der Waals surface area contributed by atoms with Crippen molar-refractivity contribution in [2.75, 3.05) is 6.61 Å². The van der Waals surface area contributed by atoms with Gasteiger partial charge in [0.1, 0.15) is 5.82 Å². The molecule has 0 spiro atoms. The highest BCUT2D eigenvalue weighted by molar-refractivity contribution is 5.94. The normalized spacial score (nSPS) is 12.3. The van der Waals surface area contributed by atoms with E-state index in [4.69, 9.17) is 5.11 Å². The maximum Gasteiger partial charge on any atom is 0.254 e. The Bertz CT molecular complexity index is 564. The maximum atomic E-state index is 14.0. The summed E-state index contributed by atoms with van der Waals surface area (Å²) in [4.78, 5) is 12.1. The Labute approximate surface area is 125 Å². The molecule has 1 aromatic carbocycles. The van der Waals surface area contributed by atoms with E-state index in [1.54, 1.807) is 6.07 Å². The Morgan fingerprint density at radius 1 is 1.43 bits per heavy atom. The number of hydrogen-bond donors (Lipinski definition) is 2. The van der Waals surface area contributed by atoms with Gasteiger partial charge in [0, 0.05) is 18.0 Å². The number of aliphatic hydroxyl groups excluding tert-OH is 1. The zero-order valence-corrected chi connectivity index (χ0v) is 13.0. The standard InChI is InChI=1S/C17H22FNO2/c1-12(17(2,3)4)19-16(21)14-9-8-13(11-15(14)18)7-5-6-10-20/h8-9,11-12,20H,6,10H2,1-4H3,(H,19,21). The summed E-state index contributed by atoms with van der Waals surface area (Å²) in [7, 11) is 0. The molecule has 0 aliphatic rings. The topological polar surface area (TPSA) is 49.3 Å². The second-order valence-electron chi connectivity index (χ2n) is 6.03. The fourth-order valence-corrected chi connectivity index (χ4v) is 1.49. The molecule has 0 aliphatic heterocycles. The minimum atomic E-state index is -0.593. The molecule has 4 heteroatoms. The first-order valence-electron chi connectivity index (χ1n) is 6.96. The molecule has 114 valence electrons. The summed E-state index contributed by atoms with van der Waals surface area (Å²) >= 11 is 0. The fraction of sp³-hybridized carbons (Fsp3) is 0.471. The number of carbonyl (C=O) groups is 1. The van der Waals surface area contributed by atoms with Gasteiger partial charge < -0.3 is 10.4 Å². The third-order valence-corrected chi connectivity index (χ3v) is 3.33. The zero-order chi connectivity index (χ0) is 16.0. The molecule has 0 radical (unpaired) electrons. The zero-order valence-electron chi connectivity index (χ0n) is 13.0. The van der Waals surface area contributed by atoms with E-state index in [0.717, 1.165) is 0 Å². The van der Waals surface area contributed by atoms with Gasteiger partial charge in [0.05, 0.1) is 12.2 Å². The number of hydrogen-bond acceptors (Lipinski definition) is 2. The second-order valence-corrected chi connectivity index (χ2v) is 6.03. The van der Waals surface area contributed by atoms with Crippen LogP contribution in [0.15, 0.2) is 18.2 Å². The fourth-order valence-electron chi connectivity index (χ4n) is 1.49. The van der Waals surface area contributed by atoms with Gasteiger partial charge >= 0.3 is 0 Å². The summed E-state index contributed by atoms with van der Waals surface area (Å²) in [5, 5.41) is 11.4. The van der Waals surface area contributed by atoms with Crippen LogP contribution in [0.5, 0.6) is 0 Å². The van der Waals surface area contributed by atoms with Crippen molar-refractivity contribution in [1.29, 1.82) is 0 Å². The van der Waals surface area contributed by atoms with Crippen molar-refractivity contribution >= 4 is 5.91 Å². The average Bonchev–Trinajstić information content (AvgIpc) is 2.37. The molecule has 2 N–H and O–H groups in total. The van der Waals surface area contributed by atoms with Gasteiger partial charge in [-0.2, -0.15) is 0 Å². The lowest BCUT2D eigenvalue weighted by Gasteiger charge is -2.28. The molecule has 1 amide bonds. The number of aliphatic hydroxyl groups is 1. The van der Waals surface area contributed by atoms with Gasteiger partial charge in [0.25, 0.3) is 5.91 Å². The molecule has 1 aromatic rings. The molecule has 0 heterocycles. The lowest BCUT2D eigenvalue weighted by molar-refractivity contribution is 0.0906.